The summed E-state index contributed by atoms with van der Waals surface area (Å²) in [5, 5.41) is 9.93. The van der Waals surface area contributed by atoms with Gasteiger partial charge in [-0.1, -0.05) is 12.8 Å². The van der Waals surface area contributed by atoms with Crippen molar-refractivity contribution in [3.8, 4) is 0 Å². The van der Waals surface area contributed by atoms with E-state index >= 15 is 0 Å². The summed E-state index contributed by atoms with van der Waals surface area (Å²) >= 11 is 0. The molecule has 13 heavy (non-hydrogen) atoms. The number of carbonyl (C=O) groups is 1. The third-order valence-electron chi connectivity index (χ3n) is 2.75. The van der Waals surface area contributed by atoms with Gasteiger partial charge in [0.2, 0.25) is 0 Å². The lowest BCUT2D eigenvalue weighted by Gasteiger charge is -2.35. The molecule has 3 nitrogen and oxygen atoms in total. The summed E-state index contributed by atoms with van der Waals surface area (Å²) < 4.78 is 4.92. The molecule has 76 valence electrons. The van der Waals surface area contributed by atoms with E-state index in [0.29, 0.717) is 13.0 Å². The average molecular weight is 186 g/mol. The van der Waals surface area contributed by atoms with Crippen molar-refractivity contribution in [3.63, 3.8) is 0 Å². The first kappa shape index (κ1) is 10.5. The number of ether oxygens (including phenoxy) is 1. The predicted octanol–water partition coefficient (Wildman–Crippen LogP) is 1.49. The van der Waals surface area contributed by atoms with Crippen molar-refractivity contribution < 1.29 is 14.6 Å². The SMILES string of the molecule is CCOC(=O)[C@H]1CCCC[C@@]1(C)O. The normalized spacial score (nSPS) is 34.2. The smallest absolute Gasteiger partial charge is 0.311 e. The molecule has 0 heterocycles. The van der Waals surface area contributed by atoms with E-state index in [1.54, 1.807) is 13.8 Å². The second kappa shape index (κ2) is 4.09. The van der Waals surface area contributed by atoms with Gasteiger partial charge in [-0.25, -0.2) is 0 Å². The standard InChI is InChI=1S/C10H18O3/c1-3-13-9(11)8-6-4-5-7-10(8,2)12/h8,12H,3-7H2,1-2H3/t8-,10-/m1/s1. The van der Waals surface area contributed by atoms with E-state index < -0.39 is 5.60 Å². The molecule has 0 bridgehead atoms. The number of rotatable bonds is 2. The summed E-state index contributed by atoms with van der Waals surface area (Å²) in [6.45, 7) is 3.91. The van der Waals surface area contributed by atoms with Gasteiger partial charge in [0.05, 0.1) is 18.1 Å². The molecule has 0 radical (unpaired) electrons. The molecule has 0 unspecified atom stereocenters. The number of carbonyl (C=O) groups excluding carboxylic acids is 1. The number of hydrogen-bond donors (Lipinski definition) is 1. The van der Waals surface area contributed by atoms with E-state index in [2.05, 4.69) is 0 Å². The number of hydrogen-bond acceptors (Lipinski definition) is 3. The quantitative estimate of drug-likeness (QED) is 0.665. The van der Waals surface area contributed by atoms with Crippen molar-refractivity contribution in [2.75, 3.05) is 6.61 Å². The van der Waals surface area contributed by atoms with Crippen LogP contribution in [-0.4, -0.2) is 23.3 Å². The molecular weight excluding hydrogens is 168 g/mol. The van der Waals surface area contributed by atoms with Gasteiger partial charge in [-0.15, -0.1) is 0 Å². The third kappa shape index (κ3) is 2.44. The van der Waals surface area contributed by atoms with Crippen molar-refractivity contribution in [3.05, 3.63) is 0 Å². The Morgan fingerprint density at radius 1 is 1.62 bits per heavy atom. The molecule has 0 amide bonds. The summed E-state index contributed by atoms with van der Waals surface area (Å²) in [6.07, 6.45) is 3.48. The largest absolute Gasteiger partial charge is 0.466 e. The first-order valence-corrected chi connectivity index (χ1v) is 4.97. The van der Waals surface area contributed by atoms with Gasteiger partial charge >= 0.3 is 5.97 Å². The maximum Gasteiger partial charge on any atom is 0.311 e. The second-order valence-corrected chi connectivity index (χ2v) is 3.91. The van der Waals surface area contributed by atoms with E-state index in [1.165, 1.54) is 0 Å². The predicted molar refractivity (Wildman–Crippen MR) is 49.2 cm³/mol. The van der Waals surface area contributed by atoms with E-state index in [0.717, 1.165) is 19.3 Å². The fourth-order valence-corrected chi connectivity index (χ4v) is 1.93. The average Bonchev–Trinajstić information content (AvgIpc) is 2.03. The maximum absolute atomic E-state index is 11.4. The van der Waals surface area contributed by atoms with Crippen LogP contribution in [0.4, 0.5) is 0 Å². The molecule has 1 N–H and O–H groups in total. The van der Waals surface area contributed by atoms with Crippen LogP contribution in [0.5, 0.6) is 0 Å². The van der Waals surface area contributed by atoms with Crippen LogP contribution >= 0.6 is 0 Å². The van der Waals surface area contributed by atoms with E-state index in [-0.39, 0.29) is 11.9 Å². The van der Waals surface area contributed by atoms with Crippen molar-refractivity contribution in [1.29, 1.82) is 0 Å². The number of esters is 1. The van der Waals surface area contributed by atoms with Gasteiger partial charge in [0.15, 0.2) is 0 Å². The van der Waals surface area contributed by atoms with Crippen LogP contribution in [0.3, 0.4) is 0 Å². The Bertz CT molecular complexity index is 187. The van der Waals surface area contributed by atoms with Crippen LogP contribution in [0.25, 0.3) is 0 Å². The van der Waals surface area contributed by atoms with Gasteiger partial charge in [0.1, 0.15) is 0 Å². The molecule has 2 atom stereocenters. The van der Waals surface area contributed by atoms with Crippen LogP contribution < -0.4 is 0 Å². The summed E-state index contributed by atoms with van der Waals surface area (Å²) in [5.41, 5.74) is -0.857. The van der Waals surface area contributed by atoms with Crippen molar-refractivity contribution >= 4 is 5.97 Å². The Morgan fingerprint density at radius 2 is 2.31 bits per heavy atom. The van der Waals surface area contributed by atoms with E-state index in [9.17, 15) is 9.90 Å². The molecule has 0 aromatic heterocycles. The first-order valence-electron chi connectivity index (χ1n) is 4.97. The van der Waals surface area contributed by atoms with Gasteiger partial charge < -0.3 is 9.84 Å². The lowest BCUT2D eigenvalue weighted by Crippen LogP contribution is -2.42. The molecule has 1 rings (SSSR count). The van der Waals surface area contributed by atoms with Crippen LogP contribution in [-0.2, 0) is 9.53 Å². The summed E-state index contributed by atoms with van der Waals surface area (Å²) in [5.74, 6) is -0.562. The van der Waals surface area contributed by atoms with Crippen LogP contribution in [0.15, 0.2) is 0 Å². The lowest BCUT2D eigenvalue weighted by molar-refractivity contribution is -0.160. The third-order valence-corrected chi connectivity index (χ3v) is 2.75. The highest BCUT2D eigenvalue weighted by molar-refractivity contribution is 5.73. The Balaban J connectivity index is 2.59. The zero-order chi connectivity index (χ0) is 9.90. The molecule has 0 aromatic carbocycles. The fraction of sp³-hybridized carbons (Fsp3) is 0.900. The minimum Gasteiger partial charge on any atom is -0.466 e. The molecule has 1 fully saturated rings. The Morgan fingerprint density at radius 3 is 2.85 bits per heavy atom. The zero-order valence-corrected chi connectivity index (χ0v) is 8.38. The van der Waals surface area contributed by atoms with Gasteiger partial charge in [-0.2, -0.15) is 0 Å². The molecule has 0 aliphatic heterocycles. The van der Waals surface area contributed by atoms with Crippen LogP contribution in [0, 0.1) is 5.92 Å². The van der Waals surface area contributed by atoms with Gasteiger partial charge in [0.25, 0.3) is 0 Å². The number of aliphatic hydroxyl groups is 1. The molecule has 1 aliphatic carbocycles. The van der Waals surface area contributed by atoms with Crippen molar-refractivity contribution in [2.24, 2.45) is 5.92 Å². The zero-order valence-electron chi connectivity index (χ0n) is 8.38. The Hall–Kier alpha value is -0.570. The van der Waals surface area contributed by atoms with Crippen molar-refractivity contribution in [1.82, 2.24) is 0 Å². The highest BCUT2D eigenvalue weighted by Crippen LogP contribution is 2.34. The van der Waals surface area contributed by atoms with E-state index in [1.807, 2.05) is 0 Å². The molecular formula is C10H18O3. The topological polar surface area (TPSA) is 46.5 Å². The summed E-state index contributed by atoms with van der Waals surface area (Å²) in [7, 11) is 0. The minimum absolute atomic E-state index is 0.243. The Labute approximate surface area is 79.1 Å². The molecule has 0 saturated heterocycles. The summed E-state index contributed by atoms with van der Waals surface area (Å²) in [6, 6.07) is 0. The van der Waals surface area contributed by atoms with Gasteiger partial charge in [0, 0.05) is 0 Å². The monoisotopic (exact) mass is 186 g/mol. The molecule has 0 aromatic rings. The lowest BCUT2D eigenvalue weighted by atomic mass is 9.77. The van der Waals surface area contributed by atoms with E-state index in [4.69, 9.17) is 4.74 Å². The second-order valence-electron chi connectivity index (χ2n) is 3.91. The van der Waals surface area contributed by atoms with Gasteiger partial charge in [-0.3, -0.25) is 4.79 Å². The fourth-order valence-electron chi connectivity index (χ4n) is 1.93. The highest BCUT2D eigenvalue weighted by Gasteiger charge is 2.40. The molecule has 0 spiro atoms. The maximum atomic E-state index is 11.4. The molecule has 1 saturated carbocycles. The van der Waals surface area contributed by atoms with Crippen LogP contribution in [0.1, 0.15) is 39.5 Å². The van der Waals surface area contributed by atoms with Crippen molar-refractivity contribution in [2.45, 2.75) is 45.1 Å². The minimum atomic E-state index is -0.857. The summed E-state index contributed by atoms with van der Waals surface area (Å²) in [4.78, 5) is 11.4. The molecule has 3 heteroatoms. The highest BCUT2D eigenvalue weighted by atomic mass is 16.5. The van der Waals surface area contributed by atoms with Crippen LogP contribution in [0.2, 0.25) is 0 Å². The molecule has 1 aliphatic rings. The first-order chi connectivity index (χ1) is 6.08. The Kier molecular flexibility index (Phi) is 3.31. The van der Waals surface area contributed by atoms with Gasteiger partial charge in [-0.05, 0) is 26.7 Å².